The van der Waals surface area contributed by atoms with Crippen molar-refractivity contribution in [2.75, 3.05) is 26.3 Å². The van der Waals surface area contributed by atoms with Crippen molar-refractivity contribution in [3.05, 3.63) is 0 Å². The van der Waals surface area contributed by atoms with E-state index in [1.54, 1.807) is 4.90 Å². The average Bonchev–Trinajstić information content (AvgIpc) is 2.16. The Hall–Kier alpha value is -0.810. The maximum Gasteiger partial charge on any atom is 0.410 e. The van der Waals surface area contributed by atoms with Gasteiger partial charge in [-0.25, -0.2) is 4.79 Å². The molecule has 1 rings (SSSR count). The molecule has 1 aliphatic rings. The van der Waals surface area contributed by atoms with E-state index in [0.717, 1.165) is 0 Å². The highest BCUT2D eigenvalue weighted by Gasteiger charge is 2.27. The number of nitrogens with zero attached hydrogens (tertiary/aromatic N) is 1. The lowest BCUT2D eigenvalue weighted by molar-refractivity contribution is -0.0486. The minimum atomic E-state index is -0.470. The molecule has 1 fully saturated rings. The summed E-state index contributed by atoms with van der Waals surface area (Å²) >= 11 is 0. The van der Waals surface area contributed by atoms with E-state index in [0.29, 0.717) is 26.1 Å². The molecule has 1 aliphatic heterocycles. The van der Waals surface area contributed by atoms with E-state index < -0.39 is 5.60 Å². The summed E-state index contributed by atoms with van der Waals surface area (Å²) in [5.74, 6) is 0. The molecule has 0 spiro atoms. The van der Waals surface area contributed by atoms with Gasteiger partial charge in [0.15, 0.2) is 0 Å². The monoisotopic (exact) mass is 231 g/mol. The van der Waals surface area contributed by atoms with Crippen LogP contribution in [0.5, 0.6) is 0 Å². The Balaban J connectivity index is 2.44. The fraction of sp³-hybridized carbons (Fsp3) is 0.909. The smallest absolute Gasteiger partial charge is 0.410 e. The van der Waals surface area contributed by atoms with Crippen LogP contribution in [0.2, 0.25) is 0 Å². The van der Waals surface area contributed by atoms with Crippen LogP contribution in [0.15, 0.2) is 0 Å². The molecule has 0 aromatic carbocycles. The Morgan fingerprint density at radius 1 is 1.56 bits per heavy atom. The topological polar surface area (TPSA) is 59.0 Å². The SMILES string of the molecule is CC(C)(C)OC(=O)N1CCO[C@H](CCO)C1. The fourth-order valence-corrected chi connectivity index (χ4v) is 1.53. The van der Waals surface area contributed by atoms with E-state index in [9.17, 15) is 4.79 Å². The lowest BCUT2D eigenvalue weighted by Crippen LogP contribution is -2.47. The van der Waals surface area contributed by atoms with Crippen molar-refractivity contribution in [2.45, 2.75) is 38.9 Å². The third-order valence-corrected chi connectivity index (χ3v) is 2.24. The van der Waals surface area contributed by atoms with Crippen LogP contribution in [-0.4, -0.2) is 54.1 Å². The summed E-state index contributed by atoms with van der Waals surface area (Å²) in [6.45, 7) is 7.16. The second kappa shape index (κ2) is 5.50. The second-order valence-electron chi connectivity index (χ2n) is 4.93. The van der Waals surface area contributed by atoms with Crippen LogP contribution >= 0.6 is 0 Å². The first kappa shape index (κ1) is 13.3. The van der Waals surface area contributed by atoms with Crippen molar-refractivity contribution < 1.29 is 19.4 Å². The van der Waals surface area contributed by atoms with Gasteiger partial charge in [0.2, 0.25) is 0 Å². The predicted octanol–water partition coefficient (Wildman–Crippen LogP) is 1.00. The number of hydrogen-bond donors (Lipinski definition) is 1. The van der Waals surface area contributed by atoms with Gasteiger partial charge in [-0.05, 0) is 27.2 Å². The molecule has 0 aromatic heterocycles. The third kappa shape index (κ3) is 4.37. The molecular formula is C11H21NO4. The molecule has 1 atom stereocenters. The number of amides is 1. The normalized spacial score (nSPS) is 22.0. The highest BCUT2D eigenvalue weighted by molar-refractivity contribution is 5.68. The van der Waals surface area contributed by atoms with Crippen LogP contribution in [0.25, 0.3) is 0 Å². The Bertz CT molecular complexity index is 235. The van der Waals surface area contributed by atoms with Gasteiger partial charge in [0.25, 0.3) is 0 Å². The van der Waals surface area contributed by atoms with Crippen LogP contribution in [0.1, 0.15) is 27.2 Å². The minimum Gasteiger partial charge on any atom is -0.444 e. The van der Waals surface area contributed by atoms with Crippen molar-refractivity contribution in [2.24, 2.45) is 0 Å². The molecule has 0 bridgehead atoms. The van der Waals surface area contributed by atoms with Crippen molar-refractivity contribution in [3.63, 3.8) is 0 Å². The Kier molecular flexibility index (Phi) is 4.56. The van der Waals surface area contributed by atoms with E-state index in [1.807, 2.05) is 20.8 Å². The zero-order valence-corrected chi connectivity index (χ0v) is 10.2. The van der Waals surface area contributed by atoms with E-state index in [1.165, 1.54) is 0 Å². The van der Waals surface area contributed by atoms with Crippen molar-refractivity contribution in [3.8, 4) is 0 Å². The zero-order valence-electron chi connectivity index (χ0n) is 10.2. The fourth-order valence-electron chi connectivity index (χ4n) is 1.53. The molecule has 0 unspecified atom stereocenters. The minimum absolute atomic E-state index is 0.0762. The largest absolute Gasteiger partial charge is 0.444 e. The standard InChI is InChI=1S/C11H21NO4/c1-11(2,3)16-10(14)12-5-7-15-9(8-12)4-6-13/h9,13H,4-8H2,1-3H3/t9-/m1/s1. The van der Waals surface area contributed by atoms with E-state index in [4.69, 9.17) is 14.6 Å². The number of aliphatic hydroxyl groups excluding tert-OH is 1. The summed E-state index contributed by atoms with van der Waals surface area (Å²) in [6.07, 6.45) is 0.171. The number of carbonyl (C=O) groups is 1. The molecule has 0 saturated carbocycles. The molecule has 16 heavy (non-hydrogen) atoms. The van der Waals surface area contributed by atoms with Gasteiger partial charge in [-0.1, -0.05) is 0 Å². The Morgan fingerprint density at radius 2 is 2.25 bits per heavy atom. The summed E-state index contributed by atoms with van der Waals surface area (Å²) in [7, 11) is 0. The first-order chi connectivity index (χ1) is 7.42. The van der Waals surface area contributed by atoms with Crippen LogP contribution in [0.4, 0.5) is 4.79 Å². The Morgan fingerprint density at radius 3 is 2.81 bits per heavy atom. The van der Waals surface area contributed by atoms with E-state index in [-0.39, 0.29) is 18.8 Å². The summed E-state index contributed by atoms with van der Waals surface area (Å²) in [4.78, 5) is 13.4. The molecular weight excluding hydrogens is 210 g/mol. The average molecular weight is 231 g/mol. The summed E-state index contributed by atoms with van der Waals surface area (Å²) in [5, 5.41) is 8.82. The van der Waals surface area contributed by atoms with Crippen LogP contribution in [0, 0.1) is 0 Å². The molecule has 1 saturated heterocycles. The van der Waals surface area contributed by atoms with Gasteiger partial charge >= 0.3 is 6.09 Å². The van der Waals surface area contributed by atoms with Gasteiger partial charge in [0.05, 0.1) is 19.3 Å². The van der Waals surface area contributed by atoms with E-state index >= 15 is 0 Å². The third-order valence-electron chi connectivity index (χ3n) is 2.24. The van der Waals surface area contributed by atoms with Crippen molar-refractivity contribution in [1.29, 1.82) is 0 Å². The van der Waals surface area contributed by atoms with Gasteiger partial charge < -0.3 is 19.5 Å². The van der Waals surface area contributed by atoms with Crippen LogP contribution in [-0.2, 0) is 9.47 Å². The van der Waals surface area contributed by atoms with Crippen molar-refractivity contribution >= 4 is 6.09 Å². The predicted molar refractivity (Wildman–Crippen MR) is 59.2 cm³/mol. The summed E-state index contributed by atoms with van der Waals surface area (Å²) in [6, 6.07) is 0. The first-order valence-electron chi connectivity index (χ1n) is 5.63. The second-order valence-corrected chi connectivity index (χ2v) is 4.93. The Labute approximate surface area is 96.3 Å². The summed E-state index contributed by atoms with van der Waals surface area (Å²) < 4.78 is 10.7. The number of aliphatic hydroxyl groups is 1. The van der Waals surface area contributed by atoms with Crippen LogP contribution in [0.3, 0.4) is 0 Å². The maximum atomic E-state index is 11.7. The number of hydrogen-bond acceptors (Lipinski definition) is 4. The van der Waals surface area contributed by atoms with Gasteiger partial charge in [0, 0.05) is 13.2 Å². The number of ether oxygens (including phenoxy) is 2. The lowest BCUT2D eigenvalue weighted by atomic mass is 10.2. The van der Waals surface area contributed by atoms with Gasteiger partial charge in [-0.2, -0.15) is 0 Å². The number of carbonyl (C=O) groups excluding carboxylic acids is 1. The highest BCUT2D eigenvalue weighted by Crippen LogP contribution is 2.14. The number of rotatable bonds is 2. The molecule has 94 valence electrons. The highest BCUT2D eigenvalue weighted by atomic mass is 16.6. The molecule has 1 amide bonds. The van der Waals surface area contributed by atoms with Gasteiger partial charge in [-0.3, -0.25) is 0 Å². The quantitative estimate of drug-likeness (QED) is 0.770. The molecule has 5 nitrogen and oxygen atoms in total. The van der Waals surface area contributed by atoms with Gasteiger partial charge in [-0.15, -0.1) is 0 Å². The van der Waals surface area contributed by atoms with Gasteiger partial charge in [0.1, 0.15) is 5.60 Å². The zero-order chi connectivity index (χ0) is 12.2. The van der Waals surface area contributed by atoms with E-state index in [2.05, 4.69) is 0 Å². The molecule has 1 heterocycles. The van der Waals surface area contributed by atoms with Crippen LogP contribution < -0.4 is 0 Å². The maximum absolute atomic E-state index is 11.7. The molecule has 0 aromatic rings. The summed E-state index contributed by atoms with van der Waals surface area (Å²) in [5.41, 5.74) is -0.470. The molecule has 1 N–H and O–H groups in total. The first-order valence-corrected chi connectivity index (χ1v) is 5.63. The molecule has 0 radical (unpaired) electrons. The number of morpholine rings is 1. The lowest BCUT2D eigenvalue weighted by Gasteiger charge is -2.34. The van der Waals surface area contributed by atoms with Crippen molar-refractivity contribution in [1.82, 2.24) is 4.90 Å². The molecule has 5 heteroatoms. The molecule has 0 aliphatic carbocycles.